The average molecular weight is 446 g/mol. The molecule has 148 valence electrons. The summed E-state index contributed by atoms with van der Waals surface area (Å²) in [5, 5.41) is 6.84. The van der Waals surface area contributed by atoms with E-state index in [0.29, 0.717) is 11.5 Å². The van der Waals surface area contributed by atoms with Crippen LogP contribution in [-0.4, -0.2) is 24.1 Å². The zero-order valence-corrected chi connectivity index (χ0v) is 17.8. The van der Waals surface area contributed by atoms with Crippen molar-refractivity contribution in [1.29, 1.82) is 0 Å². The van der Waals surface area contributed by atoms with E-state index >= 15 is 0 Å². The summed E-state index contributed by atoms with van der Waals surface area (Å²) >= 11 is 3.38. The molecule has 0 aromatic heterocycles. The molecule has 0 atom stereocenters. The first-order valence-corrected chi connectivity index (χ1v) is 9.77. The molecule has 28 heavy (non-hydrogen) atoms. The second kappa shape index (κ2) is 10.6. The van der Waals surface area contributed by atoms with Crippen molar-refractivity contribution in [2.75, 3.05) is 11.9 Å². The topological polar surface area (TPSA) is 79.8 Å². The molecule has 0 spiro atoms. The lowest BCUT2D eigenvalue weighted by atomic mass is 10.1. The maximum Gasteiger partial charge on any atom is 0.277 e. The monoisotopic (exact) mass is 445 g/mol. The highest BCUT2D eigenvalue weighted by Gasteiger charge is 2.08. The molecule has 0 aliphatic rings. The molecule has 0 aliphatic carbocycles. The third-order valence-corrected chi connectivity index (χ3v) is 4.45. The molecule has 0 heterocycles. The van der Waals surface area contributed by atoms with Crippen LogP contribution in [0, 0.1) is 6.92 Å². The van der Waals surface area contributed by atoms with Gasteiger partial charge in [-0.2, -0.15) is 5.10 Å². The van der Waals surface area contributed by atoms with Gasteiger partial charge in [0.2, 0.25) is 5.91 Å². The Bertz CT molecular complexity index is 881. The number of hydrogen-bond donors (Lipinski definition) is 2. The number of amides is 2. The van der Waals surface area contributed by atoms with E-state index in [4.69, 9.17) is 4.74 Å². The van der Waals surface area contributed by atoms with Crippen molar-refractivity contribution >= 4 is 39.1 Å². The predicted octanol–water partition coefficient (Wildman–Crippen LogP) is 4.22. The molecule has 0 radical (unpaired) electrons. The summed E-state index contributed by atoms with van der Waals surface area (Å²) in [5.74, 6) is 0.0598. The van der Waals surface area contributed by atoms with Gasteiger partial charge >= 0.3 is 0 Å². The number of rotatable bonds is 8. The molecule has 0 saturated carbocycles. The number of ether oxygens (including phenoxy) is 1. The normalized spacial score (nSPS) is 11.1. The molecule has 2 aromatic carbocycles. The van der Waals surface area contributed by atoms with Crippen LogP contribution in [0.4, 0.5) is 5.69 Å². The van der Waals surface area contributed by atoms with Crippen molar-refractivity contribution in [3.8, 4) is 5.75 Å². The maximum atomic E-state index is 12.2. The third kappa shape index (κ3) is 6.81. The number of benzene rings is 2. The van der Waals surface area contributed by atoms with Crippen molar-refractivity contribution in [1.82, 2.24) is 5.43 Å². The summed E-state index contributed by atoms with van der Waals surface area (Å²) in [6, 6.07) is 13.2. The number of para-hydroxylation sites is 1. The number of halogens is 1. The number of carbonyl (C=O) groups is 2. The molecule has 2 aromatic rings. The van der Waals surface area contributed by atoms with Crippen LogP contribution in [0.1, 0.15) is 31.4 Å². The number of aryl methyl sites for hydroxylation is 2. The quantitative estimate of drug-likeness (QED) is 0.471. The van der Waals surface area contributed by atoms with E-state index in [9.17, 15) is 9.59 Å². The van der Waals surface area contributed by atoms with Gasteiger partial charge in [-0.05, 0) is 55.7 Å². The lowest BCUT2D eigenvalue weighted by Crippen LogP contribution is -2.26. The van der Waals surface area contributed by atoms with Gasteiger partial charge in [0.15, 0.2) is 6.61 Å². The predicted molar refractivity (Wildman–Crippen MR) is 115 cm³/mol. The van der Waals surface area contributed by atoms with Crippen molar-refractivity contribution < 1.29 is 14.3 Å². The van der Waals surface area contributed by atoms with Crippen LogP contribution < -0.4 is 15.5 Å². The SMILES string of the molecule is CCc1ccccc1NC(=O)C/C(C)=N\NC(=O)COc1ccc(Br)cc1C. The molecule has 2 amide bonds. The molecular weight excluding hydrogens is 422 g/mol. The minimum Gasteiger partial charge on any atom is -0.483 e. The highest BCUT2D eigenvalue weighted by Crippen LogP contribution is 2.22. The molecule has 0 saturated heterocycles. The fraction of sp³-hybridized carbons (Fsp3) is 0.286. The fourth-order valence-corrected chi connectivity index (χ4v) is 3.00. The van der Waals surface area contributed by atoms with Crippen LogP contribution in [0.3, 0.4) is 0 Å². The molecule has 0 bridgehead atoms. The van der Waals surface area contributed by atoms with E-state index < -0.39 is 5.91 Å². The number of carbonyl (C=O) groups excluding carboxylic acids is 2. The lowest BCUT2D eigenvalue weighted by molar-refractivity contribution is -0.123. The van der Waals surface area contributed by atoms with Crippen LogP contribution in [-0.2, 0) is 16.0 Å². The highest BCUT2D eigenvalue weighted by atomic mass is 79.9. The average Bonchev–Trinajstić information content (AvgIpc) is 2.66. The van der Waals surface area contributed by atoms with Crippen LogP contribution in [0.2, 0.25) is 0 Å². The number of nitrogens with zero attached hydrogens (tertiary/aromatic N) is 1. The first-order chi connectivity index (χ1) is 13.4. The van der Waals surface area contributed by atoms with Crippen molar-refractivity contribution in [2.24, 2.45) is 5.10 Å². The zero-order chi connectivity index (χ0) is 20.5. The largest absolute Gasteiger partial charge is 0.483 e. The van der Waals surface area contributed by atoms with Gasteiger partial charge < -0.3 is 10.1 Å². The Kier molecular flexibility index (Phi) is 8.19. The third-order valence-electron chi connectivity index (χ3n) is 3.96. The van der Waals surface area contributed by atoms with Gasteiger partial charge in [0.1, 0.15) is 5.75 Å². The Morgan fingerprint density at radius 3 is 2.61 bits per heavy atom. The Morgan fingerprint density at radius 1 is 1.14 bits per heavy atom. The minimum atomic E-state index is -0.390. The standard InChI is InChI=1S/C21H24BrN3O3/c1-4-16-7-5-6-8-18(16)23-20(26)12-15(3)24-25-21(27)13-28-19-10-9-17(22)11-14(19)2/h5-11H,4,12-13H2,1-3H3,(H,23,26)(H,25,27)/b24-15-. The van der Waals surface area contributed by atoms with E-state index in [1.165, 1.54) is 0 Å². The van der Waals surface area contributed by atoms with Crippen molar-refractivity contribution in [3.63, 3.8) is 0 Å². The second-order valence-corrected chi connectivity index (χ2v) is 7.23. The van der Waals surface area contributed by atoms with Gasteiger partial charge in [0, 0.05) is 15.9 Å². The number of hydrogen-bond acceptors (Lipinski definition) is 4. The summed E-state index contributed by atoms with van der Waals surface area (Å²) in [4.78, 5) is 24.1. The summed E-state index contributed by atoms with van der Waals surface area (Å²) in [6.45, 7) is 5.46. The molecule has 0 unspecified atom stereocenters. The van der Waals surface area contributed by atoms with Crippen LogP contribution in [0.25, 0.3) is 0 Å². The van der Waals surface area contributed by atoms with E-state index in [-0.39, 0.29) is 18.9 Å². The van der Waals surface area contributed by atoms with Crippen LogP contribution in [0.15, 0.2) is 52.0 Å². The number of anilines is 1. The number of nitrogens with one attached hydrogen (secondary N) is 2. The molecule has 6 nitrogen and oxygen atoms in total. The summed E-state index contributed by atoms with van der Waals surface area (Å²) < 4.78 is 6.44. The first kappa shape index (κ1) is 21.6. The first-order valence-electron chi connectivity index (χ1n) is 8.97. The Morgan fingerprint density at radius 2 is 1.89 bits per heavy atom. The van der Waals surface area contributed by atoms with E-state index in [0.717, 1.165) is 27.7 Å². The molecule has 2 N–H and O–H groups in total. The minimum absolute atomic E-state index is 0.0883. The molecule has 2 rings (SSSR count). The molecular formula is C21H24BrN3O3. The van der Waals surface area contributed by atoms with Gasteiger partial charge in [-0.3, -0.25) is 9.59 Å². The zero-order valence-electron chi connectivity index (χ0n) is 16.2. The Balaban J connectivity index is 1.81. The van der Waals surface area contributed by atoms with E-state index in [2.05, 4.69) is 31.8 Å². The van der Waals surface area contributed by atoms with Gasteiger partial charge in [0.25, 0.3) is 5.91 Å². The van der Waals surface area contributed by atoms with Crippen LogP contribution >= 0.6 is 15.9 Å². The Hall–Kier alpha value is -2.67. The summed E-state index contributed by atoms with van der Waals surface area (Å²) in [5.41, 5.74) is 5.70. The molecule has 0 aliphatic heterocycles. The van der Waals surface area contributed by atoms with E-state index in [1.54, 1.807) is 13.0 Å². The molecule has 0 fully saturated rings. The van der Waals surface area contributed by atoms with Gasteiger partial charge in [-0.25, -0.2) is 5.43 Å². The van der Waals surface area contributed by atoms with Gasteiger partial charge in [-0.15, -0.1) is 0 Å². The fourth-order valence-electron chi connectivity index (χ4n) is 2.52. The smallest absolute Gasteiger partial charge is 0.277 e. The highest BCUT2D eigenvalue weighted by molar-refractivity contribution is 9.10. The summed E-state index contributed by atoms with van der Waals surface area (Å²) in [7, 11) is 0. The van der Waals surface area contributed by atoms with Crippen LogP contribution in [0.5, 0.6) is 5.75 Å². The second-order valence-electron chi connectivity index (χ2n) is 6.32. The summed E-state index contributed by atoms with van der Waals surface area (Å²) in [6.07, 6.45) is 0.919. The van der Waals surface area contributed by atoms with Gasteiger partial charge in [-0.1, -0.05) is 41.1 Å². The van der Waals surface area contributed by atoms with Gasteiger partial charge in [0.05, 0.1) is 6.42 Å². The lowest BCUT2D eigenvalue weighted by Gasteiger charge is -2.10. The van der Waals surface area contributed by atoms with Crippen molar-refractivity contribution in [2.45, 2.75) is 33.6 Å². The Labute approximate surface area is 173 Å². The van der Waals surface area contributed by atoms with Crippen molar-refractivity contribution in [3.05, 3.63) is 58.1 Å². The van der Waals surface area contributed by atoms with E-state index in [1.807, 2.05) is 50.2 Å². The maximum absolute atomic E-state index is 12.2. The number of hydrazone groups is 1. The molecule has 7 heteroatoms.